The number of hydrogen-bond donors (Lipinski definition) is 4. The standard InChI is InChI=1S/C16H11N3O12S3/c20-16-14(34(29,30)31)6-8-5-9(32(23,24)25)1-3-11(8)15(16)18-17-12-4-2-10(33(26,27)28)7-13(12)19(21)22/h1-7H,(H2,23,24,25)(H,26,27,28)(H,29,30,31). The van der Waals surface area contributed by atoms with E-state index in [4.69, 9.17) is 4.55 Å². The molecule has 0 aliphatic heterocycles. The Labute approximate surface area is 190 Å². The molecule has 3 rings (SSSR count). The molecule has 2 aliphatic carbocycles. The molecule has 1 aromatic rings. The van der Waals surface area contributed by atoms with E-state index in [9.17, 15) is 49.6 Å². The Kier molecular flexibility index (Phi) is 6.26. The summed E-state index contributed by atoms with van der Waals surface area (Å²) in [5.41, 5.74) is -2.71. The van der Waals surface area contributed by atoms with Crippen LogP contribution in [0.25, 0.3) is 0 Å². The summed E-state index contributed by atoms with van der Waals surface area (Å²) in [5, 5.41) is 18.3. The van der Waals surface area contributed by atoms with Gasteiger partial charge in [-0.2, -0.15) is 16.8 Å². The number of carbonyl (C=O) groups excluding carboxylic acids is 1. The number of nitro benzene ring substituents is 1. The predicted octanol–water partition coefficient (Wildman–Crippen LogP) is 1.43. The van der Waals surface area contributed by atoms with Crippen molar-refractivity contribution in [2.75, 3.05) is 0 Å². The van der Waals surface area contributed by atoms with Crippen LogP contribution < -0.4 is 0 Å². The van der Waals surface area contributed by atoms with Crippen molar-refractivity contribution >= 4 is 52.3 Å². The summed E-state index contributed by atoms with van der Waals surface area (Å²) in [6.45, 7) is 0. The van der Waals surface area contributed by atoms with Crippen molar-refractivity contribution in [3.63, 3.8) is 0 Å². The summed E-state index contributed by atoms with van der Waals surface area (Å²) in [7, 11) is -14.4. The Balaban J connectivity index is 2.22. The topological polar surface area (TPSA) is 251 Å². The van der Waals surface area contributed by atoms with E-state index in [1.165, 1.54) is 0 Å². The normalized spacial score (nSPS) is 17.1. The van der Waals surface area contributed by atoms with Gasteiger partial charge in [0.15, 0.2) is 5.69 Å². The molecule has 0 saturated heterocycles. The summed E-state index contributed by atoms with van der Waals surface area (Å²) in [5.74, 6) is -1.38. The smallest absolute Gasteiger partial charge is 0.293 e. The number of ketones is 1. The molecule has 15 nitrogen and oxygen atoms in total. The number of carbonyl (C=O) groups is 1. The van der Waals surface area contributed by atoms with E-state index in [0.717, 1.165) is 30.4 Å². The fraction of sp³-hybridized carbons (Fsp3) is 0. The van der Waals surface area contributed by atoms with Gasteiger partial charge in [0, 0.05) is 11.6 Å². The van der Waals surface area contributed by atoms with Crippen LogP contribution in [0.3, 0.4) is 0 Å². The molecule has 34 heavy (non-hydrogen) atoms. The van der Waals surface area contributed by atoms with Crippen molar-refractivity contribution < 1.29 is 49.0 Å². The molecular formula is C16H11N3O12S3. The molecule has 4 N–H and O–H groups in total. The van der Waals surface area contributed by atoms with Crippen LogP contribution in [0.5, 0.6) is 0 Å². The molecule has 0 unspecified atom stereocenters. The average molecular weight is 533 g/mol. The minimum absolute atomic E-state index is 0.175. The maximum Gasteiger partial charge on any atom is 0.298 e. The fourth-order valence-electron chi connectivity index (χ4n) is 2.78. The van der Waals surface area contributed by atoms with Gasteiger partial charge in [-0.05, 0) is 35.9 Å². The summed E-state index contributed by atoms with van der Waals surface area (Å²) in [6.07, 6.45) is 3.42. The Morgan fingerprint density at radius 3 is 2.06 bits per heavy atom. The highest BCUT2D eigenvalue weighted by molar-refractivity contribution is 7.92. The van der Waals surface area contributed by atoms with Gasteiger partial charge in [-0.15, -0.1) is 10.2 Å². The van der Waals surface area contributed by atoms with Crippen molar-refractivity contribution in [1.29, 1.82) is 0 Å². The lowest BCUT2D eigenvalue weighted by Gasteiger charge is -2.18. The molecule has 0 bridgehead atoms. The Morgan fingerprint density at radius 1 is 0.882 bits per heavy atom. The van der Waals surface area contributed by atoms with Gasteiger partial charge in [0.25, 0.3) is 25.9 Å². The van der Waals surface area contributed by atoms with Crippen molar-refractivity contribution in [1.82, 2.24) is 0 Å². The first-order chi connectivity index (χ1) is 15.5. The molecule has 0 aromatic heterocycles. The molecule has 0 radical (unpaired) electrons. The zero-order valence-electron chi connectivity index (χ0n) is 16.2. The van der Waals surface area contributed by atoms with Crippen LogP contribution in [0.4, 0.5) is 11.4 Å². The highest BCUT2D eigenvalue weighted by atomic mass is 32.2. The number of Topliss-reactive ketones (excluding diaryl/α,β-unsaturated/α-hetero) is 1. The number of nitro groups is 1. The maximum atomic E-state index is 12.6. The Morgan fingerprint density at radius 2 is 1.53 bits per heavy atom. The number of rotatable bonds is 5. The quantitative estimate of drug-likeness (QED) is 0.138. The van der Waals surface area contributed by atoms with E-state index < -0.39 is 72.8 Å². The van der Waals surface area contributed by atoms with E-state index in [2.05, 4.69) is 10.2 Å². The third kappa shape index (κ3) is 5.07. The zero-order valence-corrected chi connectivity index (χ0v) is 18.6. The fourth-order valence-corrected chi connectivity index (χ4v) is 4.41. The number of fused-ring (bicyclic) bond motifs is 1. The lowest BCUT2D eigenvalue weighted by atomic mass is 9.92. The first kappa shape index (κ1) is 25.2. The molecule has 1 aromatic carbocycles. The molecule has 0 spiro atoms. The zero-order chi connectivity index (χ0) is 25.6. The van der Waals surface area contributed by atoms with Crippen LogP contribution in [0.2, 0.25) is 0 Å². The summed E-state index contributed by atoms with van der Waals surface area (Å²) in [4.78, 5) is 20.3. The monoisotopic (exact) mass is 533 g/mol. The van der Waals surface area contributed by atoms with Crippen LogP contribution in [0, 0.1) is 10.1 Å². The highest BCUT2D eigenvalue weighted by Gasteiger charge is 2.34. The summed E-state index contributed by atoms with van der Waals surface area (Å²) >= 11 is 0. The van der Waals surface area contributed by atoms with Gasteiger partial charge in [0.1, 0.15) is 15.5 Å². The van der Waals surface area contributed by atoms with Gasteiger partial charge in [0.2, 0.25) is 15.9 Å². The number of benzene rings is 1. The second kappa shape index (κ2) is 8.43. The second-order valence-corrected chi connectivity index (χ2v) is 10.8. The average Bonchev–Trinajstić information content (AvgIpc) is 2.70. The van der Waals surface area contributed by atoms with E-state index >= 15 is 0 Å². The molecule has 2 aliphatic rings. The molecule has 0 atom stereocenters. The van der Waals surface area contributed by atoms with E-state index in [1.807, 2.05) is 0 Å². The molecule has 180 valence electrons. The first-order valence-corrected chi connectivity index (χ1v) is 12.8. The number of nitrogens with zero attached hydrogens (tertiary/aromatic N) is 3. The van der Waals surface area contributed by atoms with E-state index in [0.29, 0.717) is 12.1 Å². The molecule has 0 heterocycles. The molecule has 0 amide bonds. The minimum Gasteiger partial charge on any atom is -0.293 e. The Hall–Kier alpha value is -3.39. The minimum atomic E-state index is -5.14. The van der Waals surface area contributed by atoms with Crippen molar-refractivity contribution in [2.45, 2.75) is 4.90 Å². The second-order valence-electron chi connectivity index (χ2n) is 6.49. The maximum absolute atomic E-state index is 12.6. The van der Waals surface area contributed by atoms with Gasteiger partial charge in [-0.3, -0.25) is 33.1 Å². The van der Waals surface area contributed by atoms with Crippen LogP contribution in [-0.2, 0) is 35.1 Å². The van der Waals surface area contributed by atoms with Crippen LogP contribution in [0.1, 0.15) is 0 Å². The predicted molar refractivity (Wildman–Crippen MR) is 115 cm³/mol. The molecule has 0 fully saturated rings. The van der Waals surface area contributed by atoms with Gasteiger partial charge in [0.05, 0.1) is 9.79 Å². The molecular weight excluding hydrogens is 522 g/mol. The molecule has 0 saturated carbocycles. The van der Waals surface area contributed by atoms with Crippen LogP contribution >= 0.6 is 0 Å². The van der Waals surface area contributed by atoms with Crippen LogP contribution in [-0.4, -0.2) is 54.8 Å². The van der Waals surface area contributed by atoms with Crippen LogP contribution in [0.15, 0.2) is 79.4 Å². The third-order valence-corrected chi connectivity index (χ3v) is 6.86. The van der Waals surface area contributed by atoms with Crippen molar-refractivity contribution in [3.05, 3.63) is 74.4 Å². The highest BCUT2D eigenvalue weighted by Crippen LogP contribution is 2.35. The number of azo groups is 1. The molecule has 18 heteroatoms. The number of hydrogen-bond acceptors (Lipinski definition) is 10. The van der Waals surface area contributed by atoms with Crippen molar-refractivity contribution in [3.8, 4) is 0 Å². The van der Waals surface area contributed by atoms with Gasteiger partial charge >= 0.3 is 0 Å². The van der Waals surface area contributed by atoms with E-state index in [-0.39, 0.29) is 11.1 Å². The van der Waals surface area contributed by atoms with Gasteiger partial charge in [-0.25, -0.2) is 4.21 Å². The van der Waals surface area contributed by atoms with Gasteiger partial charge in [-0.1, -0.05) is 6.08 Å². The first-order valence-electron chi connectivity index (χ1n) is 8.42. The lowest BCUT2D eigenvalue weighted by molar-refractivity contribution is -0.384. The lowest BCUT2D eigenvalue weighted by Crippen LogP contribution is -2.21. The summed E-state index contributed by atoms with van der Waals surface area (Å²) < 4.78 is 94.2. The largest absolute Gasteiger partial charge is 0.298 e. The third-order valence-electron chi connectivity index (χ3n) is 4.29. The summed E-state index contributed by atoms with van der Waals surface area (Å²) in [6, 6.07) is 2.02. The van der Waals surface area contributed by atoms with Gasteiger partial charge < -0.3 is 0 Å². The number of allylic oxidation sites excluding steroid dienone is 7. The SMILES string of the molecule is O=C1C(S(=O)(=O)O)=CC2=CC(=S(=O)(O)O)C=CC2=C1N=Nc1ccc(S(=O)(=O)O)cc1[N+](=O)[O-]. The van der Waals surface area contributed by atoms with E-state index in [1.54, 1.807) is 0 Å². The van der Waals surface area contributed by atoms with Crippen molar-refractivity contribution in [2.24, 2.45) is 10.2 Å². The Bertz CT molecular complexity index is 1640.